The molecule has 2 N–H and O–H groups in total. The molecule has 5 rings (SSSR count). The molecule has 0 bridgehead atoms. The molecular weight excluding hydrogens is 526 g/mol. The first-order chi connectivity index (χ1) is 17.2. The Morgan fingerprint density at radius 3 is 2.78 bits per heavy atom. The fourth-order valence-corrected chi connectivity index (χ4v) is 5.80. The van der Waals surface area contributed by atoms with E-state index in [2.05, 4.69) is 16.9 Å². The zero-order chi connectivity index (χ0) is 25.6. The number of carbonyl (C=O) groups excluding carboxylic acids is 1. The molecule has 1 saturated heterocycles. The number of hydrogen-bond acceptors (Lipinski definition) is 7. The van der Waals surface area contributed by atoms with Gasteiger partial charge in [0.2, 0.25) is 5.75 Å². The van der Waals surface area contributed by atoms with Crippen molar-refractivity contribution in [3.8, 4) is 16.2 Å². The van der Waals surface area contributed by atoms with Crippen LogP contribution in [0.5, 0.6) is 5.75 Å². The predicted octanol–water partition coefficient (Wildman–Crippen LogP) is 6.11. The number of pyridine rings is 1. The number of ether oxygens (including phenoxy) is 1. The maximum absolute atomic E-state index is 14.0. The Kier molecular flexibility index (Phi) is 6.82. The minimum absolute atomic E-state index is 0.0162. The SMILES string of the molecule is CC(Oc1c(N)ncc2c(-c3cc(C(=O)N4CCN(C)CC4)cs3)coc12)c1c(Cl)ccc(F)c1Cl. The number of nitrogens with zero attached hydrogens (tertiary/aromatic N) is 3. The van der Waals surface area contributed by atoms with Gasteiger partial charge in [0.1, 0.15) is 18.2 Å². The van der Waals surface area contributed by atoms with Gasteiger partial charge in [0.15, 0.2) is 11.4 Å². The van der Waals surface area contributed by atoms with Crippen LogP contribution in [0.3, 0.4) is 0 Å². The molecule has 1 aromatic carbocycles. The molecule has 188 valence electrons. The van der Waals surface area contributed by atoms with Gasteiger partial charge in [-0.2, -0.15) is 0 Å². The molecule has 4 aromatic rings. The van der Waals surface area contributed by atoms with Gasteiger partial charge in [-0.15, -0.1) is 11.3 Å². The standard InChI is InChI=1S/C25H23Cl2FN4O3S/c1-13(20-17(26)3-4-18(28)21(20)27)35-23-22-15(10-30-24(23)29)16(11-34-22)19-9-14(12-36-19)25(33)32-7-5-31(2)6-8-32/h3-4,9-13H,5-8H2,1-2H3,(H2,29,30). The number of thiophene rings is 1. The molecule has 1 fully saturated rings. The summed E-state index contributed by atoms with van der Waals surface area (Å²) in [6, 6.07) is 4.48. The number of furan rings is 1. The average Bonchev–Trinajstić information content (AvgIpc) is 3.51. The van der Waals surface area contributed by atoms with E-state index in [0.717, 1.165) is 23.5 Å². The summed E-state index contributed by atoms with van der Waals surface area (Å²) in [6.07, 6.45) is 2.45. The third-order valence-electron chi connectivity index (χ3n) is 6.28. The third-order valence-corrected chi connectivity index (χ3v) is 7.96. The minimum atomic E-state index is -0.738. The van der Waals surface area contributed by atoms with Crippen LogP contribution in [0.1, 0.15) is 28.9 Å². The van der Waals surface area contributed by atoms with Crippen LogP contribution in [-0.2, 0) is 0 Å². The first kappa shape index (κ1) is 24.8. The fourth-order valence-electron chi connectivity index (χ4n) is 4.22. The summed E-state index contributed by atoms with van der Waals surface area (Å²) in [5.41, 5.74) is 8.20. The average molecular weight is 549 g/mol. The zero-order valence-electron chi connectivity index (χ0n) is 19.6. The number of benzene rings is 1. The number of fused-ring (bicyclic) bond motifs is 1. The smallest absolute Gasteiger partial charge is 0.254 e. The number of nitrogen functional groups attached to an aromatic ring is 1. The van der Waals surface area contributed by atoms with Crippen LogP contribution in [-0.4, -0.2) is 53.9 Å². The number of aromatic nitrogens is 1. The van der Waals surface area contributed by atoms with Crippen molar-refractivity contribution in [2.75, 3.05) is 39.0 Å². The Labute approximate surface area is 221 Å². The Bertz CT molecular complexity index is 1450. The zero-order valence-corrected chi connectivity index (χ0v) is 21.9. The number of likely N-dealkylation sites (N-methyl/N-ethyl adjacent to an activating group) is 1. The Morgan fingerprint density at radius 1 is 1.28 bits per heavy atom. The van der Waals surface area contributed by atoms with Crippen molar-refractivity contribution >= 4 is 57.2 Å². The fraction of sp³-hybridized carbons (Fsp3) is 0.280. The van der Waals surface area contributed by atoms with Gasteiger partial charge in [0, 0.05) is 58.8 Å². The molecule has 1 aliphatic rings. The van der Waals surface area contributed by atoms with Gasteiger partial charge in [-0.1, -0.05) is 23.2 Å². The van der Waals surface area contributed by atoms with Gasteiger partial charge in [-0.05, 0) is 32.2 Å². The van der Waals surface area contributed by atoms with E-state index in [4.69, 9.17) is 38.1 Å². The highest BCUT2D eigenvalue weighted by atomic mass is 35.5. The lowest BCUT2D eigenvalue weighted by Crippen LogP contribution is -2.47. The minimum Gasteiger partial charge on any atom is -0.478 e. The second kappa shape index (κ2) is 9.89. The molecule has 3 aromatic heterocycles. The van der Waals surface area contributed by atoms with E-state index < -0.39 is 11.9 Å². The Hall–Kier alpha value is -2.85. The monoisotopic (exact) mass is 548 g/mol. The summed E-state index contributed by atoms with van der Waals surface area (Å²) in [5, 5.41) is 2.67. The van der Waals surface area contributed by atoms with Crippen molar-refractivity contribution in [3.05, 3.63) is 63.0 Å². The Morgan fingerprint density at radius 2 is 2.03 bits per heavy atom. The molecule has 1 unspecified atom stereocenters. The third kappa shape index (κ3) is 4.52. The normalized spacial score (nSPS) is 15.4. The van der Waals surface area contributed by atoms with Gasteiger partial charge in [-0.3, -0.25) is 4.79 Å². The summed E-state index contributed by atoms with van der Waals surface area (Å²) in [7, 11) is 2.05. The van der Waals surface area contributed by atoms with E-state index in [1.807, 2.05) is 16.3 Å². The molecule has 1 aliphatic heterocycles. The highest BCUT2D eigenvalue weighted by molar-refractivity contribution is 7.14. The number of nitrogens with two attached hydrogens (primary N) is 1. The molecule has 11 heteroatoms. The van der Waals surface area contributed by atoms with E-state index in [1.165, 1.54) is 23.5 Å². The van der Waals surface area contributed by atoms with Crippen LogP contribution < -0.4 is 10.5 Å². The number of amides is 1. The second-order valence-electron chi connectivity index (χ2n) is 8.68. The lowest BCUT2D eigenvalue weighted by atomic mass is 10.1. The number of anilines is 1. The number of hydrogen-bond donors (Lipinski definition) is 1. The van der Waals surface area contributed by atoms with Crippen molar-refractivity contribution in [3.63, 3.8) is 0 Å². The molecule has 0 aliphatic carbocycles. The highest BCUT2D eigenvalue weighted by Crippen LogP contribution is 2.42. The van der Waals surface area contributed by atoms with E-state index in [0.29, 0.717) is 35.2 Å². The van der Waals surface area contributed by atoms with Crippen molar-refractivity contribution in [2.24, 2.45) is 0 Å². The molecule has 0 radical (unpaired) electrons. The summed E-state index contributed by atoms with van der Waals surface area (Å²) in [5.74, 6) is -0.276. The number of rotatable bonds is 5. The number of carbonyl (C=O) groups is 1. The molecule has 7 nitrogen and oxygen atoms in total. The van der Waals surface area contributed by atoms with Crippen LogP contribution in [0.25, 0.3) is 21.4 Å². The van der Waals surface area contributed by atoms with Crippen molar-refractivity contribution in [1.82, 2.24) is 14.8 Å². The lowest BCUT2D eigenvalue weighted by Gasteiger charge is -2.32. The Balaban J connectivity index is 1.45. The largest absolute Gasteiger partial charge is 0.478 e. The molecule has 0 spiro atoms. The van der Waals surface area contributed by atoms with Crippen LogP contribution in [0.15, 0.2) is 40.5 Å². The molecule has 36 heavy (non-hydrogen) atoms. The summed E-state index contributed by atoms with van der Waals surface area (Å²) < 4.78 is 26.0. The van der Waals surface area contributed by atoms with Crippen LogP contribution >= 0.6 is 34.5 Å². The maximum atomic E-state index is 14.0. The maximum Gasteiger partial charge on any atom is 0.254 e. The topological polar surface area (TPSA) is 84.8 Å². The molecule has 0 saturated carbocycles. The second-order valence-corrected chi connectivity index (χ2v) is 10.4. The quantitative estimate of drug-likeness (QED) is 0.303. The first-order valence-corrected chi connectivity index (χ1v) is 12.9. The molecule has 1 amide bonds. The van der Waals surface area contributed by atoms with Gasteiger partial charge < -0.3 is 24.7 Å². The van der Waals surface area contributed by atoms with Crippen molar-refractivity contribution in [1.29, 1.82) is 0 Å². The first-order valence-electron chi connectivity index (χ1n) is 11.3. The highest BCUT2D eigenvalue weighted by Gasteiger charge is 2.25. The lowest BCUT2D eigenvalue weighted by molar-refractivity contribution is 0.0664. The number of halogens is 3. The van der Waals surface area contributed by atoms with E-state index in [-0.39, 0.29) is 27.5 Å². The number of piperazine rings is 1. The molecular formula is C25H23Cl2FN4O3S. The summed E-state index contributed by atoms with van der Waals surface area (Å²) >= 11 is 13.9. The van der Waals surface area contributed by atoms with E-state index in [1.54, 1.807) is 19.4 Å². The van der Waals surface area contributed by atoms with Gasteiger partial charge in [0.25, 0.3) is 5.91 Å². The summed E-state index contributed by atoms with van der Waals surface area (Å²) in [4.78, 5) is 22.2. The van der Waals surface area contributed by atoms with Gasteiger partial charge in [0.05, 0.1) is 16.0 Å². The molecule has 1 atom stereocenters. The van der Waals surface area contributed by atoms with E-state index in [9.17, 15) is 9.18 Å². The van der Waals surface area contributed by atoms with Crippen LogP contribution in [0.4, 0.5) is 10.2 Å². The van der Waals surface area contributed by atoms with Crippen LogP contribution in [0.2, 0.25) is 10.0 Å². The van der Waals surface area contributed by atoms with Crippen LogP contribution in [0, 0.1) is 5.82 Å². The van der Waals surface area contributed by atoms with E-state index >= 15 is 0 Å². The van der Waals surface area contributed by atoms with Crippen molar-refractivity contribution < 1.29 is 18.3 Å². The molecule has 4 heterocycles. The van der Waals surface area contributed by atoms with Gasteiger partial charge in [-0.25, -0.2) is 9.37 Å². The summed E-state index contributed by atoms with van der Waals surface area (Å²) in [6.45, 7) is 4.81. The van der Waals surface area contributed by atoms with Crippen molar-refractivity contribution in [2.45, 2.75) is 13.0 Å². The predicted molar refractivity (Wildman–Crippen MR) is 141 cm³/mol. The van der Waals surface area contributed by atoms with Gasteiger partial charge >= 0.3 is 0 Å².